The van der Waals surface area contributed by atoms with Gasteiger partial charge in [-0.2, -0.15) is 0 Å². The predicted octanol–water partition coefficient (Wildman–Crippen LogP) is 6.05. The maximum absolute atomic E-state index is 13.8. The van der Waals surface area contributed by atoms with Gasteiger partial charge in [0.25, 0.3) is 0 Å². The minimum atomic E-state index is -2.38. The van der Waals surface area contributed by atoms with Crippen molar-refractivity contribution in [3.63, 3.8) is 0 Å². The van der Waals surface area contributed by atoms with Gasteiger partial charge in [-0.3, -0.25) is 0 Å². The lowest BCUT2D eigenvalue weighted by Crippen LogP contribution is -2.54. The molecule has 4 aliphatic rings. The molecule has 4 saturated carbocycles. The van der Waals surface area contributed by atoms with Gasteiger partial charge in [-0.15, -0.1) is 0 Å². The molecule has 4 aliphatic carbocycles. The Labute approximate surface area is 128 Å². The first kappa shape index (κ1) is 14.5. The van der Waals surface area contributed by atoms with Gasteiger partial charge in [0.2, 0.25) is 5.92 Å². The van der Waals surface area contributed by atoms with Crippen molar-refractivity contribution in [2.75, 3.05) is 0 Å². The highest BCUT2D eigenvalue weighted by molar-refractivity contribution is 5.08. The van der Waals surface area contributed by atoms with Gasteiger partial charge < -0.3 is 0 Å². The lowest BCUT2D eigenvalue weighted by molar-refractivity contribution is -0.160. The van der Waals surface area contributed by atoms with Gasteiger partial charge in [-0.1, -0.05) is 20.3 Å². The molecule has 4 rings (SSSR count). The van der Waals surface area contributed by atoms with Crippen LogP contribution in [0.25, 0.3) is 0 Å². The van der Waals surface area contributed by atoms with E-state index < -0.39 is 5.92 Å². The van der Waals surface area contributed by atoms with Crippen molar-refractivity contribution < 1.29 is 8.78 Å². The highest BCUT2D eigenvalue weighted by atomic mass is 19.3. The summed E-state index contributed by atoms with van der Waals surface area (Å²) in [7, 11) is 0. The molecule has 0 amide bonds. The molecule has 0 radical (unpaired) electrons. The van der Waals surface area contributed by atoms with Gasteiger partial charge in [0.05, 0.1) is 0 Å². The summed E-state index contributed by atoms with van der Waals surface area (Å²) in [4.78, 5) is 0. The molecule has 21 heavy (non-hydrogen) atoms. The Hall–Kier alpha value is -0.140. The topological polar surface area (TPSA) is 0 Å². The molecule has 6 atom stereocenters. The summed E-state index contributed by atoms with van der Waals surface area (Å²) in [5, 5.41) is 0. The maximum atomic E-state index is 13.8. The van der Waals surface area contributed by atoms with Crippen LogP contribution in [0.3, 0.4) is 0 Å². The quantitative estimate of drug-likeness (QED) is 0.510. The van der Waals surface area contributed by atoms with Crippen molar-refractivity contribution in [3.05, 3.63) is 0 Å². The average molecular weight is 296 g/mol. The van der Waals surface area contributed by atoms with Crippen LogP contribution < -0.4 is 0 Å². The first-order valence-electron chi connectivity index (χ1n) is 9.22. The summed E-state index contributed by atoms with van der Waals surface area (Å²) in [5.74, 6) is 0.389. The Morgan fingerprint density at radius 2 is 1.62 bits per heavy atom. The molecule has 0 bridgehead atoms. The van der Waals surface area contributed by atoms with E-state index in [9.17, 15) is 8.78 Å². The van der Waals surface area contributed by atoms with Crippen molar-refractivity contribution in [1.29, 1.82) is 0 Å². The molecular formula is C19H30F2. The van der Waals surface area contributed by atoms with Gasteiger partial charge in [-0.05, 0) is 79.4 Å². The van der Waals surface area contributed by atoms with Crippen LogP contribution in [0.15, 0.2) is 0 Å². The Morgan fingerprint density at radius 3 is 2.43 bits per heavy atom. The zero-order valence-corrected chi connectivity index (χ0v) is 13.6. The number of hydrogen-bond acceptors (Lipinski definition) is 0. The molecule has 4 fully saturated rings. The zero-order chi connectivity index (χ0) is 14.9. The van der Waals surface area contributed by atoms with Crippen molar-refractivity contribution in [3.8, 4) is 0 Å². The lowest BCUT2D eigenvalue weighted by atomic mass is 9.45. The van der Waals surface area contributed by atoms with E-state index in [2.05, 4.69) is 13.8 Å². The summed E-state index contributed by atoms with van der Waals surface area (Å²) >= 11 is 0. The summed E-state index contributed by atoms with van der Waals surface area (Å²) in [6.07, 6.45) is 10.3. The standard InChI is InChI=1S/C19H30F2/c1-17-8-3-4-15(17)14-6-5-13-12-19(20,21)11-10-18(13,2)16(14)7-9-17/h13-16H,3-12H2,1-2H3/t13?,14-,15?,16?,17-,18-/m0/s1. The maximum Gasteiger partial charge on any atom is 0.248 e. The molecule has 0 aliphatic heterocycles. The van der Waals surface area contributed by atoms with E-state index in [1.54, 1.807) is 0 Å². The Bertz CT molecular complexity index is 431. The molecule has 3 unspecified atom stereocenters. The number of rotatable bonds is 0. The van der Waals surface area contributed by atoms with Gasteiger partial charge in [0.1, 0.15) is 0 Å². The largest absolute Gasteiger partial charge is 0.248 e. The van der Waals surface area contributed by atoms with E-state index in [0.717, 1.165) is 30.6 Å². The fraction of sp³-hybridized carbons (Fsp3) is 1.00. The molecule has 2 heteroatoms. The van der Waals surface area contributed by atoms with Gasteiger partial charge in [0.15, 0.2) is 0 Å². The first-order valence-corrected chi connectivity index (χ1v) is 9.22. The van der Waals surface area contributed by atoms with Crippen LogP contribution in [-0.2, 0) is 0 Å². The lowest BCUT2D eigenvalue weighted by Gasteiger charge is -2.60. The number of alkyl halides is 2. The number of hydrogen-bond donors (Lipinski definition) is 0. The van der Waals surface area contributed by atoms with Crippen molar-refractivity contribution in [2.24, 2.45) is 34.5 Å². The SMILES string of the molecule is C[C@@]12CCCC1[C@@H]1CCC3CC(F)(F)CC[C@]3(C)C1CC2. The molecule has 0 heterocycles. The Morgan fingerprint density at radius 1 is 0.810 bits per heavy atom. The monoisotopic (exact) mass is 296 g/mol. The van der Waals surface area contributed by atoms with E-state index in [4.69, 9.17) is 0 Å². The van der Waals surface area contributed by atoms with Crippen LogP contribution in [0, 0.1) is 34.5 Å². The molecule has 0 saturated heterocycles. The van der Waals surface area contributed by atoms with Crippen LogP contribution in [0.4, 0.5) is 8.78 Å². The fourth-order valence-electron chi connectivity index (χ4n) is 7.17. The molecule has 0 aromatic carbocycles. The smallest absolute Gasteiger partial charge is 0.207 e. The van der Waals surface area contributed by atoms with Crippen LogP contribution in [0.5, 0.6) is 0 Å². The van der Waals surface area contributed by atoms with Crippen LogP contribution in [0.2, 0.25) is 0 Å². The fourth-order valence-corrected chi connectivity index (χ4v) is 7.17. The number of fused-ring (bicyclic) bond motifs is 5. The van der Waals surface area contributed by atoms with Crippen LogP contribution in [-0.4, -0.2) is 5.92 Å². The first-order chi connectivity index (χ1) is 9.84. The Kier molecular flexibility index (Phi) is 3.06. The molecule has 0 N–H and O–H groups in total. The highest BCUT2D eigenvalue weighted by Crippen LogP contribution is 2.67. The summed E-state index contributed by atoms with van der Waals surface area (Å²) in [6.45, 7) is 4.89. The zero-order valence-electron chi connectivity index (χ0n) is 13.6. The summed E-state index contributed by atoms with van der Waals surface area (Å²) < 4.78 is 27.7. The van der Waals surface area contributed by atoms with E-state index in [1.165, 1.54) is 38.5 Å². The molecule has 120 valence electrons. The van der Waals surface area contributed by atoms with Gasteiger partial charge in [0, 0.05) is 12.8 Å². The second kappa shape index (κ2) is 4.45. The molecule has 0 spiro atoms. The number of halogens is 2. The third kappa shape index (κ3) is 2.03. The molecular weight excluding hydrogens is 266 g/mol. The normalized spacial score (nSPS) is 55.4. The molecule has 0 nitrogen and oxygen atoms in total. The predicted molar refractivity (Wildman–Crippen MR) is 81.3 cm³/mol. The second-order valence-electron chi connectivity index (χ2n) is 9.30. The van der Waals surface area contributed by atoms with Crippen molar-refractivity contribution >= 4 is 0 Å². The van der Waals surface area contributed by atoms with Gasteiger partial charge in [-0.25, -0.2) is 8.78 Å². The van der Waals surface area contributed by atoms with E-state index in [1.807, 2.05) is 0 Å². The summed E-state index contributed by atoms with van der Waals surface area (Å²) in [6, 6.07) is 0. The van der Waals surface area contributed by atoms with E-state index in [0.29, 0.717) is 5.41 Å². The Balaban J connectivity index is 1.62. The third-order valence-electron chi connectivity index (χ3n) is 8.42. The minimum absolute atomic E-state index is 0.144. The average Bonchev–Trinajstić information content (AvgIpc) is 2.81. The van der Waals surface area contributed by atoms with Crippen molar-refractivity contribution in [1.82, 2.24) is 0 Å². The highest BCUT2D eigenvalue weighted by Gasteiger charge is 2.59. The van der Waals surface area contributed by atoms with E-state index >= 15 is 0 Å². The third-order valence-corrected chi connectivity index (χ3v) is 8.42. The summed E-state index contributed by atoms with van der Waals surface area (Å²) in [5.41, 5.74) is 0.803. The second-order valence-corrected chi connectivity index (χ2v) is 9.30. The van der Waals surface area contributed by atoms with Crippen LogP contribution in [0.1, 0.15) is 78.1 Å². The molecule has 0 aromatic heterocycles. The van der Waals surface area contributed by atoms with Gasteiger partial charge >= 0.3 is 0 Å². The van der Waals surface area contributed by atoms with E-state index in [-0.39, 0.29) is 24.2 Å². The molecule has 0 aromatic rings. The van der Waals surface area contributed by atoms with Crippen LogP contribution >= 0.6 is 0 Å². The minimum Gasteiger partial charge on any atom is -0.207 e. The van der Waals surface area contributed by atoms with Crippen molar-refractivity contribution in [2.45, 2.75) is 84.0 Å².